The molecule has 0 atom stereocenters. The van der Waals surface area contributed by atoms with Crippen LogP contribution in [0.4, 0.5) is 4.39 Å². The van der Waals surface area contributed by atoms with E-state index in [0.29, 0.717) is 0 Å². The average molecular weight is 201 g/mol. The van der Waals surface area contributed by atoms with Crippen molar-refractivity contribution in [2.24, 2.45) is 0 Å². The lowest BCUT2D eigenvalue weighted by atomic mass is 10.1. The topological polar surface area (TPSA) is 37.3 Å². The van der Waals surface area contributed by atoms with Crippen molar-refractivity contribution in [2.75, 3.05) is 0 Å². The summed E-state index contributed by atoms with van der Waals surface area (Å²) in [5.74, 6) is -1.10. The van der Waals surface area contributed by atoms with Gasteiger partial charge >= 0.3 is 5.97 Å². The molecule has 0 aliphatic rings. The third-order valence-electron chi connectivity index (χ3n) is 0.572. The lowest BCUT2D eigenvalue weighted by Crippen LogP contribution is -2.17. The van der Waals surface area contributed by atoms with Gasteiger partial charge in [0.05, 0.1) is 6.42 Å². The second kappa shape index (κ2) is 3.82. The van der Waals surface area contributed by atoms with Crippen molar-refractivity contribution in [3.8, 4) is 0 Å². The summed E-state index contributed by atoms with van der Waals surface area (Å²) in [5.41, 5.74) is -1.58. The third kappa shape index (κ3) is 11.4. The van der Waals surface area contributed by atoms with Crippen molar-refractivity contribution in [2.45, 2.75) is 25.9 Å². The van der Waals surface area contributed by atoms with E-state index in [-0.39, 0.29) is 17.0 Å². The van der Waals surface area contributed by atoms with Crippen LogP contribution in [0.3, 0.4) is 0 Å². The van der Waals surface area contributed by atoms with Crippen molar-refractivity contribution in [1.82, 2.24) is 0 Å². The molecule has 0 amide bonds. The van der Waals surface area contributed by atoms with Gasteiger partial charge in [-0.3, -0.25) is 4.79 Å². The number of rotatable bonds is 2. The third-order valence-corrected chi connectivity index (χ3v) is 0.572. The average Bonchev–Trinajstić information content (AvgIpc) is 1.21. The van der Waals surface area contributed by atoms with E-state index in [9.17, 15) is 9.18 Å². The highest BCUT2D eigenvalue weighted by molar-refractivity contribution is 8.93. The van der Waals surface area contributed by atoms with E-state index in [0.717, 1.165) is 0 Å². The summed E-state index contributed by atoms with van der Waals surface area (Å²) in [6.07, 6.45) is -0.424. The number of carboxylic acids is 1. The molecular formula is C5H10BrFO2. The van der Waals surface area contributed by atoms with Crippen molar-refractivity contribution < 1.29 is 14.3 Å². The highest BCUT2D eigenvalue weighted by atomic mass is 79.9. The van der Waals surface area contributed by atoms with Gasteiger partial charge in [-0.15, -0.1) is 17.0 Å². The van der Waals surface area contributed by atoms with Crippen molar-refractivity contribution in [3.05, 3.63) is 0 Å². The zero-order chi connectivity index (χ0) is 6.78. The molecule has 0 aliphatic carbocycles. The molecule has 0 fully saturated rings. The second-order valence-corrected chi connectivity index (χ2v) is 2.29. The molecule has 0 aromatic rings. The molecular weight excluding hydrogens is 191 g/mol. The van der Waals surface area contributed by atoms with Gasteiger partial charge in [-0.05, 0) is 13.8 Å². The van der Waals surface area contributed by atoms with Crippen LogP contribution in [0.2, 0.25) is 0 Å². The van der Waals surface area contributed by atoms with Crippen LogP contribution in [0, 0.1) is 0 Å². The summed E-state index contributed by atoms with van der Waals surface area (Å²) < 4.78 is 12.3. The quantitative estimate of drug-likeness (QED) is 0.739. The van der Waals surface area contributed by atoms with Gasteiger partial charge in [-0.1, -0.05) is 0 Å². The van der Waals surface area contributed by atoms with Gasteiger partial charge in [-0.25, -0.2) is 4.39 Å². The fourth-order valence-electron chi connectivity index (χ4n) is 0.360. The minimum atomic E-state index is -1.58. The Bertz CT molecular complexity index is 97.6. The molecule has 9 heavy (non-hydrogen) atoms. The number of hydrogen-bond acceptors (Lipinski definition) is 1. The molecule has 0 bridgehead atoms. The van der Waals surface area contributed by atoms with Gasteiger partial charge in [0.15, 0.2) is 0 Å². The van der Waals surface area contributed by atoms with Crippen LogP contribution >= 0.6 is 17.0 Å². The highest BCUT2D eigenvalue weighted by Crippen LogP contribution is 2.12. The summed E-state index contributed by atoms with van der Waals surface area (Å²) in [5, 5.41) is 8.01. The molecule has 2 nitrogen and oxygen atoms in total. The Hall–Kier alpha value is -0.120. The molecule has 0 radical (unpaired) electrons. The smallest absolute Gasteiger partial charge is 0.306 e. The Morgan fingerprint density at radius 3 is 2.00 bits per heavy atom. The maximum Gasteiger partial charge on any atom is 0.306 e. The van der Waals surface area contributed by atoms with E-state index in [1.54, 1.807) is 0 Å². The zero-order valence-corrected chi connectivity index (χ0v) is 7.06. The van der Waals surface area contributed by atoms with Crippen LogP contribution in [0.15, 0.2) is 0 Å². The van der Waals surface area contributed by atoms with Crippen molar-refractivity contribution in [3.63, 3.8) is 0 Å². The second-order valence-electron chi connectivity index (χ2n) is 2.29. The van der Waals surface area contributed by atoms with Gasteiger partial charge in [0.1, 0.15) is 5.67 Å². The Morgan fingerprint density at radius 2 is 2.00 bits per heavy atom. The number of aliphatic carboxylic acids is 1. The molecule has 4 heteroatoms. The molecule has 0 aromatic carbocycles. The van der Waals surface area contributed by atoms with Crippen LogP contribution in [0.25, 0.3) is 0 Å². The number of halogens is 2. The van der Waals surface area contributed by atoms with Gasteiger partial charge in [0, 0.05) is 0 Å². The first-order chi connectivity index (χ1) is 3.42. The van der Waals surface area contributed by atoms with E-state index >= 15 is 0 Å². The molecule has 0 aromatic heterocycles. The number of carboxylic acid groups (broad SMARTS) is 1. The van der Waals surface area contributed by atoms with Gasteiger partial charge in [0.2, 0.25) is 0 Å². The molecule has 0 saturated carbocycles. The van der Waals surface area contributed by atoms with E-state index in [4.69, 9.17) is 5.11 Å². The number of hydrogen-bond donors (Lipinski definition) is 1. The first-order valence-corrected chi connectivity index (χ1v) is 2.32. The maximum atomic E-state index is 12.3. The molecule has 56 valence electrons. The molecule has 0 saturated heterocycles. The summed E-state index contributed by atoms with van der Waals surface area (Å²) >= 11 is 0. The van der Waals surface area contributed by atoms with Crippen LogP contribution in [-0.2, 0) is 4.79 Å². The fourth-order valence-corrected chi connectivity index (χ4v) is 0.360. The Kier molecular flexibility index (Phi) is 4.95. The van der Waals surface area contributed by atoms with Gasteiger partial charge in [-0.2, -0.15) is 0 Å². The predicted molar refractivity (Wildman–Crippen MR) is 37.8 cm³/mol. The summed E-state index contributed by atoms with van der Waals surface area (Å²) in [4.78, 5) is 9.77. The molecule has 0 aliphatic heterocycles. The van der Waals surface area contributed by atoms with E-state index in [1.165, 1.54) is 13.8 Å². The van der Waals surface area contributed by atoms with Crippen molar-refractivity contribution >= 4 is 23.0 Å². The van der Waals surface area contributed by atoms with E-state index < -0.39 is 18.1 Å². The largest absolute Gasteiger partial charge is 0.481 e. The Balaban J connectivity index is 0. The zero-order valence-electron chi connectivity index (χ0n) is 5.35. The maximum absolute atomic E-state index is 12.3. The first kappa shape index (κ1) is 11.6. The van der Waals surface area contributed by atoms with Crippen LogP contribution in [0.5, 0.6) is 0 Å². The lowest BCUT2D eigenvalue weighted by Gasteiger charge is -2.08. The first-order valence-electron chi connectivity index (χ1n) is 2.32. The Labute approximate surface area is 63.8 Å². The Morgan fingerprint density at radius 1 is 1.67 bits per heavy atom. The SMILES string of the molecule is Br.CC(C)(F)CC(=O)O. The molecule has 0 heterocycles. The summed E-state index contributed by atoms with van der Waals surface area (Å²) in [7, 11) is 0. The van der Waals surface area contributed by atoms with Gasteiger partial charge in [0.25, 0.3) is 0 Å². The molecule has 0 unspecified atom stereocenters. The summed E-state index contributed by atoms with van der Waals surface area (Å²) in [6, 6.07) is 0. The van der Waals surface area contributed by atoms with Crippen molar-refractivity contribution in [1.29, 1.82) is 0 Å². The van der Waals surface area contributed by atoms with Crippen LogP contribution in [0.1, 0.15) is 20.3 Å². The number of carbonyl (C=O) groups is 1. The number of alkyl halides is 1. The lowest BCUT2D eigenvalue weighted by molar-refractivity contribution is -0.139. The fraction of sp³-hybridized carbons (Fsp3) is 0.800. The molecule has 0 rings (SSSR count). The predicted octanol–water partition coefficient (Wildman–Crippen LogP) is 1.79. The molecule has 1 N–H and O–H groups in total. The highest BCUT2D eigenvalue weighted by Gasteiger charge is 2.19. The van der Waals surface area contributed by atoms with E-state index in [1.807, 2.05) is 0 Å². The monoisotopic (exact) mass is 200 g/mol. The normalized spacial score (nSPS) is 10.1. The minimum absolute atomic E-state index is 0. The standard InChI is InChI=1S/C5H9FO2.BrH/c1-5(2,6)3-4(7)8;/h3H2,1-2H3,(H,7,8);1H. The van der Waals surface area contributed by atoms with Gasteiger partial charge < -0.3 is 5.11 Å². The summed E-state index contributed by atoms with van der Waals surface area (Å²) in [6.45, 7) is 2.47. The van der Waals surface area contributed by atoms with E-state index in [2.05, 4.69) is 0 Å². The van der Waals surface area contributed by atoms with Crippen LogP contribution < -0.4 is 0 Å². The van der Waals surface area contributed by atoms with Crippen LogP contribution in [-0.4, -0.2) is 16.7 Å². The molecule has 0 spiro atoms. The minimum Gasteiger partial charge on any atom is -0.481 e.